The first kappa shape index (κ1) is 34.0. The van der Waals surface area contributed by atoms with Crippen molar-refractivity contribution >= 4 is 5.78 Å². The van der Waals surface area contributed by atoms with Gasteiger partial charge >= 0.3 is 12.4 Å². The second-order valence-electron chi connectivity index (χ2n) is 10.2. The Morgan fingerprint density at radius 2 is 1.54 bits per heavy atom. The number of rotatable bonds is 9. The van der Waals surface area contributed by atoms with Crippen molar-refractivity contribution in [3.8, 4) is 0 Å². The largest absolute Gasteiger partial charge is 0.416 e. The van der Waals surface area contributed by atoms with Crippen molar-refractivity contribution in [3.63, 3.8) is 0 Å². The van der Waals surface area contributed by atoms with Gasteiger partial charge in [0, 0.05) is 31.8 Å². The second-order valence-corrected chi connectivity index (χ2v) is 10.2. The van der Waals surface area contributed by atoms with Crippen molar-refractivity contribution in [1.82, 2.24) is 4.90 Å². The Morgan fingerprint density at radius 3 is 2.02 bits per heavy atom. The van der Waals surface area contributed by atoms with E-state index in [2.05, 4.69) is 24.0 Å². The zero-order valence-corrected chi connectivity index (χ0v) is 23.3. The highest BCUT2D eigenvalue weighted by Gasteiger charge is 2.36. The van der Waals surface area contributed by atoms with Gasteiger partial charge in [-0.2, -0.15) is 31.2 Å². The summed E-state index contributed by atoms with van der Waals surface area (Å²) in [6, 6.07) is 7.94. The molecule has 4 nitrogen and oxygen atoms in total. The van der Waals surface area contributed by atoms with Crippen molar-refractivity contribution in [2.45, 2.75) is 77.2 Å². The number of nitrogens with zero attached hydrogens (tertiary/aromatic N) is 2. The van der Waals surface area contributed by atoms with E-state index in [0.29, 0.717) is 30.4 Å². The zero-order chi connectivity index (χ0) is 30.8. The number of alkyl halides is 6. The van der Waals surface area contributed by atoms with E-state index in [1.54, 1.807) is 18.2 Å². The maximum Gasteiger partial charge on any atom is 0.416 e. The molecular weight excluding hydrogens is 553 g/mol. The van der Waals surface area contributed by atoms with Crippen LogP contribution in [0.25, 0.3) is 0 Å². The van der Waals surface area contributed by atoms with Gasteiger partial charge in [0.25, 0.3) is 0 Å². The number of halogens is 7. The van der Waals surface area contributed by atoms with Crippen molar-refractivity contribution in [2.75, 3.05) is 13.6 Å². The molecule has 0 aliphatic heterocycles. The highest BCUT2D eigenvalue weighted by Crippen LogP contribution is 2.38. The Labute approximate surface area is 235 Å². The van der Waals surface area contributed by atoms with E-state index in [-0.39, 0.29) is 17.7 Å². The number of ketones is 1. The maximum atomic E-state index is 13.1. The Morgan fingerprint density at radius 1 is 0.951 bits per heavy atom. The number of hydrogen-bond donors (Lipinski definition) is 0. The van der Waals surface area contributed by atoms with Crippen molar-refractivity contribution < 1.29 is 35.5 Å². The molecule has 3 rings (SSSR count). The van der Waals surface area contributed by atoms with Gasteiger partial charge in [0.05, 0.1) is 11.1 Å². The molecule has 11 heteroatoms. The quantitative estimate of drug-likeness (QED) is 0.167. The minimum absolute atomic E-state index is 0.00565. The minimum Gasteiger partial charge on any atom is -0.378 e. The van der Waals surface area contributed by atoms with Crippen molar-refractivity contribution in [3.05, 3.63) is 87.2 Å². The molecule has 0 bridgehead atoms. The molecule has 0 radical (unpaired) electrons. The van der Waals surface area contributed by atoms with E-state index in [1.807, 2.05) is 19.1 Å². The van der Waals surface area contributed by atoms with Gasteiger partial charge < -0.3 is 4.90 Å². The first-order chi connectivity index (χ1) is 19.2. The number of nitroso groups, excluding NO2 is 1. The molecule has 2 atom stereocenters. The Hall–Kier alpha value is -3.24. The van der Waals surface area contributed by atoms with Crippen LogP contribution in [0.4, 0.5) is 30.7 Å². The molecule has 0 N–H and O–H groups in total. The third-order valence-corrected chi connectivity index (χ3v) is 7.08. The third kappa shape index (κ3) is 10.9. The van der Waals surface area contributed by atoms with Crippen LogP contribution >= 0.6 is 0 Å². The molecule has 0 amide bonds. The Balaban J connectivity index is 0.000000305. The normalized spacial score (nSPS) is 17.9. The van der Waals surface area contributed by atoms with Crippen LogP contribution in [0.15, 0.2) is 59.4 Å². The van der Waals surface area contributed by atoms with Gasteiger partial charge in [0.2, 0.25) is 0 Å². The maximum absolute atomic E-state index is 13.1. The molecule has 1 aliphatic rings. The predicted molar refractivity (Wildman–Crippen MR) is 143 cm³/mol. The lowest BCUT2D eigenvalue weighted by molar-refractivity contribution is -0.143. The molecule has 1 saturated carbocycles. The van der Waals surface area contributed by atoms with Crippen LogP contribution in [0.1, 0.15) is 80.5 Å². The molecule has 0 spiro atoms. The first-order valence-corrected chi connectivity index (χ1v) is 13.4. The van der Waals surface area contributed by atoms with E-state index in [1.165, 1.54) is 24.8 Å². The fourth-order valence-corrected chi connectivity index (χ4v) is 4.95. The number of hydrogen-bond acceptors (Lipinski definition) is 4. The van der Waals surface area contributed by atoms with Gasteiger partial charge in [-0.3, -0.25) is 4.79 Å². The first-order valence-electron chi connectivity index (χ1n) is 13.4. The summed E-state index contributed by atoms with van der Waals surface area (Å²) in [7, 11) is 2.10. The van der Waals surface area contributed by atoms with Crippen LogP contribution in [0.2, 0.25) is 0 Å². The van der Waals surface area contributed by atoms with E-state index in [9.17, 15) is 40.4 Å². The van der Waals surface area contributed by atoms with E-state index >= 15 is 0 Å². The monoisotopic (exact) mass is 588 g/mol. The molecule has 2 aromatic rings. The summed E-state index contributed by atoms with van der Waals surface area (Å²) in [4.78, 5) is 23.8. The summed E-state index contributed by atoms with van der Waals surface area (Å²) >= 11 is 0. The average Bonchev–Trinajstić information content (AvgIpc) is 2.91. The number of allylic oxidation sites excluding steroid dienone is 2. The number of benzene rings is 2. The Bertz CT molecular complexity index is 1140. The molecule has 1 aliphatic carbocycles. The molecule has 41 heavy (non-hydrogen) atoms. The van der Waals surface area contributed by atoms with Gasteiger partial charge in [-0.1, -0.05) is 37.6 Å². The summed E-state index contributed by atoms with van der Waals surface area (Å²) in [6.45, 7) is 4.26. The zero-order valence-electron chi connectivity index (χ0n) is 23.3. The molecule has 0 heterocycles. The summed E-state index contributed by atoms with van der Waals surface area (Å²) in [5, 5.41) is 2.27. The SMILES string of the molecule is CCC(=O)/C=C(\CC)N(C)C[C@H]1CCC[C@@H](c2ccc(F)cc2)C1.O=NCc1cc(C(F)(F)F)cc(C(F)(F)F)c1. The van der Waals surface area contributed by atoms with Crippen molar-refractivity contribution in [1.29, 1.82) is 0 Å². The number of carbonyl (C=O) groups excluding carboxylic acids is 1. The molecular formula is C30H35F7N2O2. The van der Waals surface area contributed by atoms with Gasteiger partial charge in [-0.25, -0.2) is 4.39 Å². The summed E-state index contributed by atoms with van der Waals surface area (Å²) in [6.07, 6.45) is -1.76. The highest BCUT2D eigenvalue weighted by molar-refractivity contribution is 5.89. The van der Waals surface area contributed by atoms with Crippen LogP contribution in [0.5, 0.6) is 0 Å². The number of carbonyl (C=O) groups is 1. The molecule has 0 aromatic heterocycles. The fourth-order valence-electron chi connectivity index (χ4n) is 4.95. The van der Waals surface area contributed by atoms with Crippen LogP contribution in [-0.4, -0.2) is 24.3 Å². The molecule has 2 aromatic carbocycles. The predicted octanol–water partition coefficient (Wildman–Crippen LogP) is 9.29. The Kier molecular flexibility index (Phi) is 12.5. The van der Waals surface area contributed by atoms with Gasteiger partial charge in [-0.05, 0) is 79.0 Å². The standard InChI is InChI=1S/C21H30FNO.C9H5F6NO/c1-4-20(14-21(24)5-2)23(3)15-16-7-6-8-18(13-16)17-9-11-19(22)12-10-17;10-8(11,12)6-1-5(4-16-17)2-7(3-6)9(13,14)15/h9-12,14,16,18H,4-8,13,15H2,1-3H3;1-3H,4H2/b20-14+;/t16-,18+;/m0./s1. The lowest BCUT2D eigenvalue weighted by Crippen LogP contribution is -2.28. The van der Waals surface area contributed by atoms with Crippen LogP contribution in [0, 0.1) is 16.6 Å². The lowest BCUT2D eigenvalue weighted by atomic mass is 9.78. The summed E-state index contributed by atoms with van der Waals surface area (Å²) in [5.41, 5.74) is -0.943. The van der Waals surface area contributed by atoms with Gasteiger partial charge in [-0.15, -0.1) is 0 Å². The highest BCUT2D eigenvalue weighted by atomic mass is 19.4. The topological polar surface area (TPSA) is 49.7 Å². The summed E-state index contributed by atoms with van der Waals surface area (Å²) < 4.78 is 86.9. The van der Waals surface area contributed by atoms with Gasteiger partial charge in [0.15, 0.2) is 5.78 Å². The third-order valence-electron chi connectivity index (χ3n) is 7.08. The van der Waals surface area contributed by atoms with Crippen LogP contribution in [0.3, 0.4) is 0 Å². The second kappa shape index (κ2) is 15.1. The smallest absolute Gasteiger partial charge is 0.378 e. The van der Waals surface area contributed by atoms with E-state index in [4.69, 9.17) is 0 Å². The minimum atomic E-state index is -4.90. The van der Waals surface area contributed by atoms with Gasteiger partial charge in [0.1, 0.15) is 12.4 Å². The summed E-state index contributed by atoms with van der Waals surface area (Å²) in [5.74, 6) is 1.20. The fraction of sp³-hybridized carbons (Fsp3) is 0.500. The molecule has 0 unspecified atom stereocenters. The lowest BCUT2D eigenvalue weighted by Gasteiger charge is -2.33. The molecule has 226 valence electrons. The van der Waals surface area contributed by atoms with E-state index < -0.39 is 35.6 Å². The van der Waals surface area contributed by atoms with Crippen molar-refractivity contribution in [2.24, 2.45) is 11.1 Å². The van der Waals surface area contributed by atoms with Crippen LogP contribution in [-0.2, 0) is 23.7 Å². The molecule has 0 saturated heterocycles. The van der Waals surface area contributed by atoms with Crippen LogP contribution < -0.4 is 0 Å². The molecule has 1 fully saturated rings. The van der Waals surface area contributed by atoms with E-state index in [0.717, 1.165) is 25.1 Å². The average molecular weight is 589 g/mol.